The van der Waals surface area contributed by atoms with Gasteiger partial charge < -0.3 is 15.4 Å². The van der Waals surface area contributed by atoms with E-state index in [4.69, 9.17) is 4.74 Å². The summed E-state index contributed by atoms with van der Waals surface area (Å²) in [5.41, 5.74) is 0.933. The number of ether oxygens (including phenoxy) is 1. The molecule has 2 rings (SSSR count). The van der Waals surface area contributed by atoms with Crippen LogP contribution in [0.5, 0.6) is 5.88 Å². The Morgan fingerprint density at radius 2 is 2.04 bits per heavy atom. The van der Waals surface area contributed by atoms with Gasteiger partial charge in [-0.15, -0.1) is 35.3 Å². The maximum atomic E-state index is 5.15. The van der Waals surface area contributed by atoms with E-state index in [-0.39, 0.29) is 29.4 Å². The minimum absolute atomic E-state index is 0. The van der Waals surface area contributed by atoms with Crippen molar-refractivity contribution >= 4 is 41.3 Å². The molecular weight excluding hydrogens is 447 g/mol. The normalized spacial score (nSPS) is 11.6. The zero-order valence-corrected chi connectivity index (χ0v) is 18.4. The van der Waals surface area contributed by atoms with Crippen LogP contribution in [-0.4, -0.2) is 31.1 Å². The van der Waals surface area contributed by atoms with Crippen LogP contribution in [0.1, 0.15) is 31.3 Å². The molecule has 138 valence electrons. The Morgan fingerprint density at radius 1 is 1.24 bits per heavy atom. The highest BCUT2D eigenvalue weighted by Gasteiger charge is 2.21. The molecule has 0 fully saturated rings. The summed E-state index contributed by atoms with van der Waals surface area (Å²) in [4.78, 5) is 10.4. The number of nitrogens with zero attached hydrogens (tertiary/aromatic N) is 2. The summed E-state index contributed by atoms with van der Waals surface area (Å²) < 4.78 is 5.15. The first-order valence-corrected chi connectivity index (χ1v) is 8.99. The van der Waals surface area contributed by atoms with E-state index >= 15 is 0 Å². The van der Waals surface area contributed by atoms with E-state index in [2.05, 4.69) is 58.9 Å². The lowest BCUT2D eigenvalue weighted by Gasteiger charge is -2.25. The fourth-order valence-corrected chi connectivity index (χ4v) is 3.07. The molecule has 2 aromatic heterocycles. The van der Waals surface area contributed by atoms with Gasteiger partial charge in [-0.25, -0.2) is 9.98 Å². The van der Waals surface area contributed by atoms with Crippen LogP contribution in [0.4, 0.5) is 0 Å². The van der Waals surface area contributed by atoms with Crippen molar-refractivity contribution in [1.29, 1.82) is 0 Å². The van der Waals surface area contributed by atoms with Crippen molar-refractivity contribution in [2.75, 3.05) is 20.2 Å². The number of guanidine groups is 1. The molecular formula is C18H27IN4OS. The van der Waals surface area contributed by atoms with Crippen LogP contribution < -0.4 is 15.4 Å². The molecule has 0 radical (unpaired) electrons. The standard InChI is InChI=1S/C18H26N4OS.HI/c1-5-19-17(20-12-14-8-6-10-16(22-14)23-4)21-13-18(2,3)15-9-7-11-24-15;/h6-11H,5,12-13H2,1-4H3,(H2,19,20,21);1H. The average Bonchev–Trinajstić information content (AvgIpc) is 3.13. The van der Waals surface area contributed by atoms with Gasteiger partial charge in [-0.1, -0.05) is 26.0 Å². The lowest BCUT2D eigenvalue weighted by molar-refractivity contribution is 0.396. The van der Waals surface area contributed by atoms with Crippen LogP contribution in [0, 0.1) is 0 Å². The van der Waals surface area contributed by atoms with E-state index in [9.17, 15) is 0 Å². The number of pyridine rings is 1. The highest BCUT2D eigenvalue weighted by molar-refractivity contribution is 14.0. The minimum Gasteiger partial charge on any atom is -0.481 e. The van der Waals surface area contributed by atoms with Crippen LogP contribution in [0.3, 0.4) is 0 Å². The van der Waals surface area contributed by atoms with Gasteiger partial charge in [0.25, 0.3) is 0 Å². The number of thiophene rings is 1. The second-order valence-corrected chi connectivity index (χ2v) is 7.03. The Labute approximate surface area is 171 Å². The largest absolute Gasteiger partial charge is 0.481 e. The molecule has 5 nitrogen and oxygen atoms in total. The fourth-order valence-electron chi connectivity index (χ4n) is 2.22. The summed E-state index contributed by atoms with van der Waals surface area (Å²) in [6.07, 6.45) is 0. The van der Waals surface area contributed by atoms with Gasteiger partial charge in [0.15, 0.2) is 5.96 Å². The maximum Gasteiger partial charge on any atom is 0.213 e. The molecule has 0 aliphatic heterocycles. The number of aromatic nitrogens is 1. The summed E-state index contributed by atoms with van der Waals surface area (Å²) in [7, 11) is 1.62. The number of aliphatic imine (C=N–C) groups is 1. The first-order valence-electron chi connectivity index (χ1n) is 8.11. The summed E-state index contributed by atoms with van der Waals surface area (Å²) >= 11 is 1.79. The van der Waals surface area contributed by atoms with E-state index in [1.54, 1.807) is 18.4 Å². The van der Waals surface area contributed by atoms with Gasteiger partial charge in [-0.2, -0.15) is 0 Å². The van der Waals surface area contributed by atoms with Crippen molar-refractivity contribution in [3.05, 3.63) is 46.3 Å². The first-order chi connectivity index (χ1) is 11.5. The highest BCUT2D eigenvalue weighted by atomic mass is 127. The van der Waals surface area contributed by atoms with E-state index < -0.39 is 0 Å². The second kappa shape index (κ2) is 10.6. The van der Waals surface area contributed by atoms with Crippen LogP contribution in [-0.2, 0) is 12.0 Å². The molecule has 0 aliphatic carbocycles. The van der Waals surface area contributed by atoms with Gasteiger partial charge >= 0.3 is 0 Å². The van der Waals surface area contributed by atoms with E-state index in [1.165, 1.54) is 4.88 Å². The quantitative estimate of drug-likeness (QED) is 0.364. The van der Waals surface area contributed by atoms with Gasteiger partial charge in [-0.05, 0) is 24.4 Å². The molecule has 0 amide bonds. The molecule has 0 unspecified atom stereocenters. The molecule has 2 aromatic rings. The Bertz CT molecular complexity index is 659. The molecule has 0 aliphatic rings. The summed E-state index contributed by atoms with van der Waals surface area (Å²) in [5, 5.41) is 8.83. The third-order valence-electron chi connectivity index (χ3n) is 3.62. The third-order valence-corrected chi connectivity index (χ3v) is 4.86. The van der Waals surface area contributed by atoms with E-state index in [1.807, 2.05) is 18.2 Å². The van der Waals surface area contributed by atoms with Gasteiger partial charge in [-0.3, -0.25) is 0 Å². The number of halogens is 1. The molecule has 0 atom stereocenters. The molecule has 7 heteroatoms. The van der Waals surface area contributed by atoms with E-state index in [0.29, 0.717) is 12.4 Å². The molecule has 2 heterocycles. The SMILES string of the molecule is CCNC(=NCc1cccc(OC)n1)NCC(C)(C)c1cccs1.I. The third kappa shape index (κ3) is 6.81. The first kappa shape index (κ1) is 21.7. The summed E-state index contributed by atoms with van der Waals surface area (Å²) in [5.74, 6) is 1.41. The van der Waals surface area contributed by atoms with Crippen molar-refractivity contribution in [3.8, 4) is 5.88 Å². The Hall–Kier alpha value is -1.35. The topological polar surface area (TPSA) is 58.5 Å². The second-order valence-electron chi connectivity index (χ2n) is 6.08. The van der Waals surface area contributed by atoms with Crippen molar-refractivity contribution in [2.45, 2.75) is 32.7 Å². The lowest BCUT2D eigenvalue weighted by atomic mass is 9.91. The number of hydrogen-bond acceptors (Lipinski definition) is 4. The number of hydrogen-bond donors (Lipinski definition) is 2. The van der Waals surface area contributed by atoms with Crippen molar-refractivity contribution in [2.24, 2.45) is 4.99 Å². The lowest BCUT2D eigenvalue weighted by Crippen LogP contribution is -2.43. The van der Waals surface area contributed by atoms with Crippen LogP contribution in [0.25, 0.3) is 0 Å². The smallest absolute Gasteiger partial charge is 0.213 e. The number of rotatable bonds is 7. The van der Waals surface area contributed by atoms with Crippen LogP contribution in [0.15, 0.2) is 40.7 Å². The molecule has 0 saturated carbocycles. The molecule has 0 aromatic carbocycles. The van der Waals surface area contributed by atoms with Crippen molar-refractivity contribution in [3.63, 3.8) is 0 Å². The Kier molecular flexibility index (Phi) is 9.20. The molecule has 2 N–H and O–H groups in total. The molecule has 25 heavy (non-hydrogen) atoms. The predicted molar refractivity (Wildman–Crippen MR) is 116 cm³/mol. The zero-order valence-electron chi connectivity index (χ0n) is 15.2. The van der Waals surface area contributed by atoms with Crippen LogP contribution in [0.2, 0.25) is 0 Å². The highest BCUT2D eigenvalue weighted by Crippen LogP contribution is 2.26. The molecule has 0 saturated heterocycles. The van der Waals surface area contributed by atoms with Crippen molar-refractivity contribution < 1.29 is 4.74 Å². The average molecular weight is 474 g/mol. The maximum absolute atomic E-state index is 5.15. The Balaban J connectivity index is 0.00000312. The van der Waals surface area contributed by atoms with Gasteiger partial charge in [0.2, 0.25) is 5.88 Å². The van der Waals surface area contributed by atoms with Gasteiger partial charge in [0.05, 0.1) is 19.3 Å². The van der Waals surface area contributed by atoms with Crippen molar-refractivity contribution in [1.82, 2.24) is 15.6 Å². The van der Waals surface area contributed by atoms with E-state index in [0.717, 1.165) is 24.7 Å². The predicted octanol–water partition coefficient (Wildman–Crippen LogP) is 3.80. The molecule has 0 spiro atoms. The number of methoxy groups -OCH3 is 1. The summed E-state index contributed by atoms with van der Waals surface area (Å²) in [6.45, 7) is 8.66. The fraction of sp³-hybridized carbons (Fsp3) is 0.444. The van der Waals surface area contributed by atoms with Gasteiger partial charge in [0.1, 0.15) is 0 Å². The Morgan fingerprint density at radius 3 is 2.68 bits per heavy atom. The zero-order chi connectivity index (χ0) is 17.4. The number of nitrogens with one attached hydrogen (secondary N) is 2. The summed E-state index contributed by atoms with van der Waals surface area (Å²) in [6, 6.07) is 9.98. The monoisotopic (exact) mass is 474 g/mol. The minimum atomic E-state index is 0. The van der Waals surface area contributed by atoms with Crippen LogP contribution >= 0.6 is 35.3 Å². The van der Waals surface area contributed by atoms with Gasteiger partial charge in [0, 0.05) is 29.4 Å². The molecule has 0 bridgehead atoms.